The van der Waals surface area contributed by atoms with Gasteiger partial charge in [-0.2, -0.15) is 0 Å². The molecule has 0 spiro atoms. The number of hydrogen-bond donors (Lipinski definition) is 2. The Morgan fingerprint density at radius 3 is 2.14 bits per heavy atom. The molecule has 224 valence electrons. The van der Waals surface area contributed by atoms with Crippen LogP contribution in [-0.2, 0) is 9.47 Å². The van der Waals surface area contributed by atoms with Crippen molar-refractivity contribution in [2.75, 3.05) is 44.2 Å². The second kappa shape index (κ2) is 10.9. The highest BCUT2D eigenvalue weighted by Crippen LogP contribution is 2.45. The Hall–Kier alpha value is -4.53. The van der Waals surface area contributed by atoms with E-state index in [1.165, 1.54) is 11.1 Å². The van der Waals surface area contributed by atoms with E-state index in [4.69, 9.17) is 9.47 Å². The van der Waals surface area contributed by atoms with Crippen LogP contribution >= 0.6 is 0 Å². The smallest absolute Gasteiger partial charge is 0.410 e. The number of nitrogens with one attached hydrogen (secondary N) is 1. The number of amides is 2. The van der Waals surface area contributed by atoms with E-state index in [1.807, 2.05) is 57.2 Å². The topological polar surface area (TPSA) is 108 Å². The largest absolute Gasteiger partial charge is 0.478 e. The third kappa shape index (κ3) is 5.63. The molecule has 1 aliphatic carbocycles. The van der Waals surface area contributed by atoms with Crippen molar-refractivity contribution in [2.45, 2.75) is 32.3 Å². The summed E-state index contributed by atoms with van der Waals surface area (Å²) in [6, 6.07) is 23.3. The van der Waals surface area contributed by atoms with E-state index in [0.29, 0.717) is 32.7 Å². The number of carboxylic acid groups (broad SMARTS) is 1. The second-order valence-corrected chi connectivity index (χ2v) is 12.8. The lowest BCUT2D eigenvalue weighted by molar-refractivity contribution is 0.0271. The summed E-state index contributed by atoms with van der Waals surface area (Å²) in [6.45, 7) is 8.28. The first-order valence-electron chi connectivity index (χ1n) is 14.7. The summed E-state index contributed by atoms with van der Waals surface area (Å²) in [5, 5.41) is 12.3. The highest BCUT2D eigenvalue weighted by molar-refractivity contribution is 5.88. The van der Waals surface area contributed by atoms with Crippen molar-refractivity contribution in [1.29, 1.82) is 0 Å². The Balaban J connectivity index is 1.15. The van der Waals surface area contributed by atoms with Crippen molar-refractivity contribution in [3.8, 4) is 11.1 Å². The van der Waals surface area contributed by atoms with E-state index in [0.717, 1.165) is 16.8 Å². The van der Waals surface area contributed by atoms with Crippen LogP contribution in [0.1, 0.15) is 48.2 Å². The number of carbonyl (C=O) groups is 3. The van der Waals surface area contributed by atoms with Crippen molar-refractivity contribution in [1.82, 2.24) is 10.2 Å². The van der Waals surface area contributed by atoms with E-state index in [9.17, 15) is 19.5 Å². The van der Waals surface area contributed by atoms with Crippen LogP contribution in [0.4, 0.5) is 15.3 Å². The van der Waals surface area contributed by atoms with Crippen molar-refractivity contribution >= 4 is 23.8 Å². The zero-order valence-electron chi connectivity index (χ0n) is 24.7. The highest BCUT2D eigenvalue weighted by atomic mass is 16.6. The number of likely N-dealkylation sites (tertiary alicyclic amines) is 1. The third-order valence-corrected chi connectivity index (χ3v) is 8.82. The Bertz CT molecular complexity index is 1500. The molecular formula is C34H37N3O6. The molecule has 2 unspecified atom stereocenters. The standard InChI is InChI=1S/C34H37N3O6/c1-33(2,3)43-32(41)37-17-23-16-36(24-14-12-22(13-15-24)30(38)39)20-34(23,21-37)19-35-31(40)42-18-29-27-10-6-4-8-25(27)26-9-5-7-11-28(26)29/h4-15,23,29H,16-21H2,1-3H3,(H,35,40)(H,38,39). The van der Waals surface area contributed by atoms with Gasteiger partial charge in [0.2, 0.25) is 0 Å². The van der Waals surface area contributed by atoms with Gasteiger partial charge in [0.15, 0.2) is 0 Å². The van der Waals surface area contributed by atoms with Gasteiger partial charge in [-0.05, 0) is 67.3 Å². The number of benzene rings is 3. The van der Waals surface area contributed by atoms with Gasteiger partial charge in [-0.15, -0.1) is 0 Å². The van der Waals surface area contributed by atoms with E-state index in [2.05, 4.69) is 34.5 Å². The zero-order chi connectivity index (χ0) is 30.4. The zero-order valence-corrected chi connectivity index (χ0v) is 24.7. The normalized spacial score (nSPS) is 20.8. The summed E-state index contributed by atoms with van der Waals surface area (Å²) < 4.78 is 11.5. The number of carboxylic acids is 1. The first-order valence-corrected chi connectivity index (χ1v) is 14.7. The van der Waals surface area contributed by atoms with E-state index >= 15 is 0 Å². The molecule has 2 heterocycles. The molecular weight excluding hydrogens is 546 g/mol. The molecule has 6 rings (SSSR count). The summed E-state index contributed by atoms with van der Waals surface area (Å²) in [6.07, 6.45) is -0.852. The minimum Gasteiger partial charge on any atom is -0.478 e. The molecule has 2 fully saturated rings. The lowest BCUT2D eigenvalue weighted by atomic mass is 9.81. The SMILES string of the molecule is CC(C)(C)OC(=O)N1CC2CN(c3ccc(C(=O)O)cc3)CC2(CNC(=O)OCC2c3ccccc3-c3ccccc32)C1. The molecule has 2 amide bonds. The predicted octanol–water partition coefficient (Wildman–Crippen LogP) is 5.60. The quantitative estimate of drug-likeness (QED) is 0.389. The number of nitrogens with zero attached hydrogens (tertiary/aromatic N) is 2. The van der Waals surface area contributed by atoms with Crippen LogP contribution in [0.3, 0.4) is 0 Å². The fourth-order valence-corrected chi connectivity index (χ4v) is 6.81. The van der Waals surface area contributed by atoms with Crippen LogP contribution in [-0.4, -0.2) is 73.1 Å². The first kappa shape index (κ1) is 28.6. The van der Waals surface area contributed by atoms with Gasteiger partial charge in [0.25, 0.3) is 0 Å². The number of carbonyl (C=O) groups excluding carboxylic acids is 2. The molecule has 3 aliphatic rings. The number of ether oxygens (including phenoxy) is 2. The Labute approximate surface area is 251 Å². The summed E-state index contributed by atoms with van der Waals surface area (Å²) in [7, 11) is 0. The number of fused-ring (bicyclic) bond motifs is 4. The van der Waals surface area contributed by atoms with Gasteiger partial charge < -0.3 is 29.7 Å². The Morgan fingerprint density at radius 2 is 1.53 bits per heavy atom. The molecule has 2 N–H and O–H groups in total. The highest BCUT2D eigenvalue weighted by Gasteiger charge is 2.54. The molecule has 2 atom stereocenters. The first-order chi connectivity index (χ1) is 20.5. The van der Waals surface area contributed by atoms with Crippen LogP contribution in [0.2, 0.25) is 0 Å². The number of aromatic carboxylic acids is 1. The number of hydrogen-bond acceptors (Lipinski definition) is 6. The van der Waals surface area contributed by atoms with Gasteiger partial charge in [0, 0.05) is 55.7 Å². The fraction of sp³-hybridized carbons (Fsp3) is 0.382. The molecule has 9 heteroatoms. The lowest BCUT2D eigenvalue weighted by Crippen LogP contribution is -2.45. The maximum atomic E-state index is 13.1. The van der Waals surface area contributed by atoms with Crippen LogP contribution in [0.5, 0.6) is 0 Å². The minimum atomic E-state index is -0.971. The fourth-order valence-electron chi connectivity index (χ4n) is 6.81. The molecule has 0 saturated carbocycles. The maximum absolute atomic E-state index is 13.1. The van der Waals surface area contributed by atoms with Gasteiger partial charge >= 0.3 is 18.2 Å². The Morgan fingerprint density at radius 1 is 0.907 bits per heavy atom. The van der Waals surface area contributed by atoms with Crippen molar-refractivity contribution in [3.05, 3.63) is 89.5 Å². The van der Waals surface area contributed by atoms with Crippen LogP contribution in [0.25, 0.3) is 11.1 Å². The van der Waals surface area contributed by atoms with Gasteiger partial charge in [0.05, 0.1) is 5.56 Å². The number of alkyl carbamates (subject to hydrolysis) is 1. The van der Waals surface area contributed by atoms with Crippen molar-refractivity contribution < 1.29 is 29.0 Å². The molecule has 43 heavy (non-hydrogen) atoms. The summed E-state index contributed by atoms with van der Waals surface area (Å²) >= 11 is 0. The molecule has 2 aliphatic heterocycles. The average Bonchev–Trinajstić information content (AvgIpc) is 3.61. The van der Waals surface area contributed by atoms with Crippen LogP contribution < -0.4 is 10.2 Å². The third-order valence-electron chi connectivity index (χ3n) is 8.82. The molecule has 0 bridgehead atoms. The van der Waals surface area contributed by atoms with Crippen molar-refractivity contribution in [3.63, 3.8) is 0 Å². The molecule has 3 aromatic rings. The molecule has 0 radical (unpaired) electrons. The molecule has 2 saturated heterocycles. The monoisotopic (exact) mass is 583 g/mol. The molecule has 3 aromatic carbocycles. The predicted molar refractivity (Wildman–Crippen MR) is 162 cm³/mol. The molecule has 9 nitrogen and oxygen atoms in total. The van der Waals surface area contributed by atoms with Gasteiger partial charge in [0.1, 0.15) is 12.2 Å². The average molecular weight is 584 g/mol. The van der Waals surface area contributed by atoms with Crippen LogP contribution in [0.15, 0.2) is 72.8 Å². The minimum absolute atomic E-state index is 0.0334. The number of rotatable bonds is 6. The Kier molecular flexibility index (Phi) is 7.28. The van der Waals surface area contributed by atoms with Gasteiger partial charge in [-0.3, -0.25) is 0 Å². The van der Waals surface area contributed by atoms with Gasteiger partial charge in [-0.1, -0.05) is 48.5 Å². The van der Waals surface area contributed by atoms with E-state index in [-0.39, 0.29) is 30.1 Å². The van der Waals surface area contributed by atoms with Crippen LogP contribution in [0, 0.1) is 11.3 Å². The van der Waals surface area contributed by atoms with Gasteiger partial charge in [-0.25, -0.2) is 14.4 Å². The lowest BCUT2D eigenvalue weighted by Gasteiger charge is -2.31. The summed E-state index contributed by atoms with van der Waals surface area (Å²) in [5.41, 5.74) is 4.75. The number of anilines is 1. The van der Waals surface area contributed by atoms with E-state index < -0.39 is 23.1 Å². The second-order valence-electron chi connectivity index (χ2n) is 12.8. The van der Waals surface area contributed by atoms with Crippen molar-refractivity contribution in [2.24, 2.45) is 11.3 Å². The summed E-state index contributed by atoms with van der Waals surface area (Å²) in [5.74, 6) is -0.927. The maximum Gasteiger partial charge on any atom is 0.410 e. The van der Waals surface area contributed by atoms with E-state index in [1.54, 1.807) is 17.0 Å². The molecule has 0 aromatic heterocycles. The summed E-state index contributed by atoms with van der Waals surface area (Å²) in [4.78, 5) is 41.4.